The molecule has 16 heteroatoms. The van der Waals surface area contributed by atoms with E-state index < -0.39 is 35.6 Å². The van der Waals surface area contributed by atoms with Gasteiger partial charge in [-0.2, -0.15) is 26.3 Å². The summed E-state index contributed by atoms with van der Waals surface area (Å²) in [6, 6.07) is 10.5. The number of hydrogen-bond acceptors (Lipinski definition) is 8. The van der Waals surface area contributed by atoms with Gasteiger partial charge in [0.15, 0.2) is 6.10 Å². The van der Waals surface area contributed by atoms with Gasteiger partial charge in [0.1, 0.15) is 17.2 Å². The number of oxazole rings is 2. The minimum Gasteiger partial charge on any atom is -0.479 e. The predicted octanol–water partition coefficient (Wildman–Crippen LogP) is 10.5. The lowest BCUT2D eigenvalue weighted by Gasteiger charge is -2.29. The smallest absolute Gasteiger partial charge is 0.417 e. The number of aromatic nitrogens is 2. The molecule has 3 atom stereocenters. The first-order valence-corrected chi connectivity index (χ1v) is 19.2. The first kappa shape index (κ1) is 43.3. The first-order chi connectivity index (χ1) is 25.7. The van der Waals surface area contributed by atoms with Crippen LogP contribution in [0.5, 0.6) is 0 Å². The van der Waals surface area contributed by atoms with E-state index in [1.807, 2.05) is 20.8 Å². The number of alkyl halides is 7. The number of aryl methyl sites for hydroxylation is 2. The zero-order valence-corrected chi connectivity index (χ0v) is 32.2. The lowest BCUT2D eigenvalue weighted by molar-refractivity contribution is -0.157. The predicted molar refractivity (Wildman–Crippen MR) is 195 cm³/mol. The molecule has 2 aromatic carbocycles. The summed E-state index contributed by atoms with van der Waals surface area (Å²) >= 11 is 2.12. The molecule has 0 amide bonds. The quantitative estimate of drug-likeness (QED) is 0.0708. The largest absolute Gasteiger partial charge is 0.479 e. The number of ether oxygens (including phenoxy) is 3. The van der Waals surface area contributed by atoms with Crippen LogP contribution in [0, 0.1) is 0 Å². The molecular weight excluding hydrogens is 837 g/mol. The lowest BCUT2D eigenvalue weighted by atomic mass is 9.95. The average molecular weight is 881 g/mol. The molecular formula is C38H43F6IN2O7. The molecule has 0 bridgehead atoms. The Bertz CT molecular complexity index is 1770. The van der Waals surface area contributed by atoms with E-state index in [0.717, 1.165) is 31.4 Å². The molecule has 5 rings (SSSR count). The van der Waals surface area contributed by atoms with E-state index in [1.165, 1.54) is 30.3 Å². The zero-order chi connectivity index (χ0) is 39.5. The number of carbonyl (C=O) groups is 1. The Labute approximate surface area is 322 Å². The summed E-state index contributed by atoms with van der Waals surface area (Å²) in [5.41, 5.74) is -0.465. The topological polar surface area (TPSA) is 117 Å². The van der Waals surface area contributed by atoms with Gasteiger partial charge < -0.3 is 28.2 Å². The Balaban J connectivity index is 0.000000287. The van der Waals surface area contributed by atoms with Crippen molar-refractivity contribution in [1.29, 1.82) is 0 Å². The number of nitrogens with zero attached hydrogens (tertiary/aromatic N) is 2. The molecule has 296 valence electrons. The third-order valence-electron chi connectivity index (χ3n) is 8.57. The minimum absolute atomic E-state index is 0.0131. The van der Waals surface area contributed by atoms with Gasteiger partial charge in [0.25, 0.3) is 0 Å². The van der Waals surface area contributed by atoms with Gasteiger partial charge in [0.05, 0.1) is 42.2 Å². The van der Waals surface area contributed by atoms with E-state index in [-0.39, 0.29) is 48.3 Å². The molecule has 9 nitrogen and oxygen atoms in total. The normalized spacial score (nSPS) is 16.9. The molecule has 4 aromatic rings. The summed E-state index contributed by atoms with van der Waals surface area (Å²) < 4.78 is 108. The maximum absolute atomic E-state index is 13.4. The van der Waals surface area contributed by atoms with E-state index in [0.29, 0.717) is 59.6 Å². The Morgan fingerprint density at radius 1 is 0.833 bits per heavy atom. The Hall–Kier alpha value is -3.48. The second-order valence-electron chi connectivity index (χ2n) is 12.5. The zero-order valence-electron chi connectivity index (χ0n) is 30.1. The highest BCUT2D eigenvalue weighted by Crippen LogP contribution is 2.39. The fourth-order valence-corrected chi connectivity index (χ4v) is 6.47. The van der Waals surface area contributed by atoms with Crippen LogP contribution in [-0.4, -0.2) is 52.6 Å². The highest BCUT2D eigenvalue weighted by molar-refractivity contribution is 14.1. The second kappa shape index (κ2) is 19.9. The number of benzene rings is 2. The summed E-state index contributed by atoms with van der Waals surface area (Å²) in [5, 5.41) is 9.28. The summed E-state index contributed by atoms with van der Waals surface area (Å²) in [4.78, 5) is 19.8. The van der Waals surface area contributed by atoms with E-state index >= 15 is 0 Å². The average Bonchev–Trinajstić information content (AvgIpc) is 3.78. The van der Waals surface area contributed by atoms with Crippen LogP contribution in [0.3, 0.4) is 0 Å². The Kier molecular flexibility index (Phi) is 15.9. The number of carboxylic acid groups (broad SMARTS) is 1. The van der Waals surface area contributed by atoms with Gasteiger partial charge in [-0.15, -0.1) is 0 Å². The van der Waals surface area contributed by atoms with Crippen LogP contribution in [-0.2, 0) is 55.2 Å². The standard InChI is InChI=1S/C25H32F3NO6.C13H11F3INO/c1-3-12-32-22(24(30)31)15-34-17-9-7-8-16(13-17)33-14-20-21(4-2)35-23(29-20)18-10-5-6-11-19(18)25(26,27)28;1-2-11-10(7-17)18-12(19-11)8-5-3-4-6-9(8)13(14,15)16/h5-6,10-11,16-17,22H,3-4,7-9,12-15H2,1-2H3,(H,30,31);3-6H,2,7H2,1H3/t16-,17+,22?;/m0./s1. The van der Waals surface area contributed by atoms with Crippen LogP contribution in [0.25, 0.3) is 22.9 Å². The second-order valence-corrected chi connectivity index (χ2v) is 13.2. The monoisotopic (exact) mass is 880 g/mol. The van der Waals surface area contributed by atoms with Gasteiger partial charge in [-0.25, -0.2) is 14.8 Å². The van der Waals surface area contributed by atoms with Crippen molar-refractivity contribution in [3.05, 3.63) is 82.6 Å². The lowest BCUT2D eigenvalue weighted by Crippen LogP contribution is -2.34. The summed E-state index contributed by atoms with van der Waals surface area (Å²) in [6.07, 6.45) is -5.40. The van der Waals surface area contributed by atoms with Gasteiger partial charge >= 0.3 is 18.3 Å². The molecule has 2 aromatic heterocycles. The van der Waals surface area contributed by atoms with Crippen molar-refractivity contribution in [1.82, 2.24) is 9.97 Å². The number of aliphatic carboxylic acids is 1. The first-order valence-electron chi connectivity index (χ1n) is 17.6. The fourth-order valence-electron chi connectivity index (χ4n) is 5.88. The van der Waals surface area contributed by atoms with Crippen LogP contribution < -0.4 is 0 Å². The van der Waals surface area contributed by atoms with E-state index in [9.17, 15) is 36.2 Å². The van der Waals surface area contributed by atoms with Crippen LogP contribution in [0.1, 0.15) is 86.9 Å². The van der Waals surface area contributed by atoms with E-state index in [2.05, 4.69) is 32.6 Å². The van der Waals surface area contributed by atoms with Gasteiger partial charge in [-0.3, -0.25) is 0 Å². The molecule has 1 N–H and O–H groups in total. The highest BCUT2D eigenvalue weighted by Gasteiger charge is 2.36. The molecule has 0 spiro atoms. The molecule has 1 saturated carbocycles. The Morgan fingerprint density at radius 3 is 1.80 bits per heavy atom. The number of hydrogen-bond donors (Lipinski definition) is 1. The van der Waals surface area contributed by atoms with Crippen molar-refractivity contribution in [2.75, 3.05) is 13.2 Å². The molecule has 1 aliphatic rings. The van der Waals surface area contributed by atoms with Crippen molar-refractivity contribution >= 4 is 28.6 Å². The maximum atomic E-state index is 13.4. The molecule has 1 fully saturated rings. The van der Waals surface area contributed by atoms with Crippen molar-refractivity contribution in [2.45, 2.75) is 107 Å². The van der Waals surface area contributed by atoms with Gasteiger partial charge in [-0.1, -0.05) is 67.6 Å². The maximum Gasteiger partial charge on any atom is 0.417 e. The SMILES string of the molecule is CCCOC(CO[C@@H]1CCC[C@H](OCc2nc(-c3ccccc3C(F)(F)F)oc2CC)C1)C(=O)O.CCc1oc(-c2ccccc2C(F)(F)F)nc1CI. The van der Waals surface area contributed by atoms with Crippen molar-refractivity contribution in [3.8, 4) is 22.9 Å². The number of halogens is 7. The fraction of sp³-hybridized carbons (Fsp3) is 0.500. The molecule has 1 aliphatic carbocycles. The number of rotatable bonds is 15. The van der Waals surface area contributed by atoms with Gasteiger partial charge in [0.2, 0.25) is 11.8 Å². The summed E-state index contributed by atoms with van der Waals surface area (Å²) in [7, 11) is 0. The van der Waals surface area contributed by atoms with Crippen LogP contribution in [0.2, 0.25) is 0 Å². The van der Waals surface area contributed by atoms with Gasteiger partial charge in [-0.05, 0) is 56.4 Å². The molecule has 0 saturated heterocycles. The van der Waals surface area contributed by atoms with E-state index in [4.69, 9.17) is 23.0 Å². The molecule has 0 aliphatic heterocycles. The summed E-state index contributed by atoms with van der Waals surface area (Å²) in [6.45, 7) is 6.06. The molecule has 1 unspecified atom stereocenters. The molecule has 0 radical (unpaired) electrons. The van der Waals surface area contributed by atoms with Crippen molar-refractivity contribution in [3.63, 3.8) is 0 Å². The third-order valence-corrected chi connectivity index (χ3v) is 9.29. The number of carboxylic acids is 1. The van der Waals surface area contributed by atoms with Crippen molar-refractivity contribution < 1.29 is 59.3 Å². The highest BCUT2D eigenvalue weighted by atomic mass is 127. The van der Waals surface area contributed by atoms with Crippen LogP contribution >= 0.6 is 22.6 Å². The van der Waals surface area contributed by atoms with Crippen molar-refractivity contribution in [2.24, 2.45) is 0 Å². The molecule has 54 heavy (non-hydrogen) atoms. The molecule has 2 heterocycles. The van der Waals surface area contributed by atoms with Crippen LogP contribution in [0.15, 0.2) is 57.4 Å². The van der Waals surface area contributed by atoms with E-state index in [1.54, 1.807) is 6.07 Å². The third kappa shape index (κ3) is 11.8. The Morgan fingerprint density at radius 2 is 1.33 bits per heavy atom. The summed E-state index contributed by atoms with van der Waals surface area (Å²) in [5.74, 6) is 0.0314. The van der Waals surface area contributed by atoms with Gasteiger partial charge in [0, 0.05) is 35.0 Å². The minimum atomic E-state index is -4.52. The van der Waals surface area contributed by atoms with Crippen LogP contribution in [0.4, 0.5) is 26.3 Å².